The van der Waals surface area contributed by atoms with Gasteiger partial charge in [0, 0.05) is 39.7 Å². The van der Waals surface area contributed by atoms with Crippen molar-refractivity contribution in [2.75, 3.05) is 13.7 Å². The van der Waals surface area contributed by atoms with Crippen molar-refractivity contribution in [1.29, 1.82) is 0 Å². The largest absolute Gasteiger partial charge is 0.497 e. The molecule has 1 heterocycles. The number of benzene rings is 4. The van der Waals surface area contributed by atoms with Crippen molar-refractivity contribution in [1.82, 2.24) is 14.6 Å². The first-order valence-electron chi connectivity index (χ1n) is 13.3. The van der Waals surface area contributed by atoms with Gasteiger partial charge in [0.1, 0.15) is 5.75 Å². The third kappa shape index (κ3) is 7.27. The lowest BCUT2D eigenvalue weighted by atomic mass is 10.0. The van der Waals surface area contributed by atoms with Crippen molar-refractivity contribution >= 4 is 40.4 Å². The Morgan fingerprint density at radius 1 is 0.925 bits per heavy atom. The summed E-state index contributed by atoms with van der Waals surface area (Å²) >= 11 is 7.75. The van der Waals surface area contributed by atoms with E-state index < -0.39 is 0 Å². The third-order valence-corrected chi connectivity index (χ3v) is 7.95. The van der Waals surface area contributed by atoms with E-state index in [4.69, 9.17) is 16.3 Å². The molecule has 0 aliphatic carbocycles. The van der Waals surface area contributed by atoms with E-state index in [0.717, 1.165) is 53.0 Å². The fourth-order valence-electron chi connectivity index (χ4n) is 4.74. The molecule has 0 saturated heterocycles. The lowest BCUT2D eigenvalue weighted by molar-refractivity contribution is 0.0936. The van der Waals surface area contributed by atoms with Gasteiger partial charge >= 0.3 is 0 Å². The molecule has 5 aromatic rings. The van der Waals surface area contributed by atoms with Crippen LogP contribution in [0.15, 0.2) is 114 Å². The first-order valence-corrected chi connectivity index (χ1v) is 14.5. The molecule has 0 aliphatic heterocycles. The molecule has 0 bridgehead atoms. The van der Waals surface area contributed by atoms with Crippen LogP contribution in [-0.4, -0.2) is 29.6 Å². The molecule has 5 rings (SSSR count). The molecule has 1 amide bonds. The topological polar surface area (TPSA) is 55.3 Å². The van der Waals surface area contributed by atoms with Gasteiger partial charge in [-0.3, -0.25) is 8.77 Å². The standard InChI is InChI=1S/C33H32ClN3O2S/c1-39-28-12-5-10-25(21-28)23-35-18-16-27(20-24-8-3-2-4-9-24)36-33(38)31-14-7-15-32-30(31)17-19-37(32)40-29-13-6-11-26(34)22-29/h2-15,17,19,21-22,27,35H,16,18,20,23H2,1H3,(H,36,38). The summed E-state index contributed by atoms with van der Waals surface area (Å²) in [7, 11) is 1.68. The molecule has 0 radical (unpaired) electrons. The number of fused-ring (bicyclic) bond motifs is 1. The number of halogens is 1. The van der Waals surface area contributed by atoms with E-state index in [1.54, 1.807) is 19.1 Å². The van der Waals surface area contributed by atoms with Gasteiger partial charge in [0.2, 0.25) is 0 Å². The molecule has 7 heteroatoms. The number of ether oxygens (including phenoxy) is 1. The molecule has 0 aliphatic rings. The highest BCUT2D eigenvalue weighted by Gasteiger charge is 2.18. The monoisotopic (exact) mass is 569 g/mol. The van der Waals surface area contributed by atoms with E-state index >= 15 is 0 Å². The van der Waals surface area contributed by atoms with Crippen LogP contribution in [0.3, 0.4) is 0 Å². The number of nitrogens with zero attached hydrogens (tertiary/aromatic N) is 1. The zero-order valence-electron chi connectivity index (χ0n) is 22.3. The average molecular weight is 570 g/mol. The number of hydrogen-bond donors (Lipinski definition) is 2. The van der Waals surface area contributed by atoms with Gasteiger partial charge in [-0.15, -0.1) is 0 Å². The average Bonchev–Trinajstić information content (AvgIpc) is 3.38. The minimum atomic E-state index is -0.0650. The molecule has 1 atom stereocenters. The van der Waals surface area contributed by atoms with Crippen LogP contribution in [-0.2, 0) is 13.0 Å². The van der Waals surface area contributed by atoms with Gasteiger partial charge in [-0.1, -0.05) is 66.2 Å². The fraction of sp³-hybridized carbons (Fsp3) is 0.182. The third-order valence-electron chi connectivity index (χ3n) is 6.73. The predicted molar refractivity (Wildman–Crippen MR) is 165 cm³/mol. The van der Waals surface area contributed by atoms with E-state index in [-0.39, 0.29) is 11.9 Å². The highest BCUT2D eigenvalue weighted by molar-refractivity contribution is 7.98. The van der Waals surface area contributed by atoms with Gasteiger partial charge in [-0.05, 0) is 91.0 Å². The molecule has 1 aromatic heterocycles. The molecular formula is C33H32ClN3O2S. The number of hydrogen-bond acceptors (Lipinski definition) is 4. The second-order valence-corrected chi connectivity index (χ2v) is 11.1. The smallest absolute Gasteiger partial charge is 0.252 e. The van der Waals surface area contributed by atoms with Crippen LogP contribution in [0.1, 0.15) is 27.9 Å². The van der Waals surface area contributed by atoms with E-state index in [1.165, 1.54) is 5.56 Å². The van der Waals surface area contributed by atoms with Crippen LogP contribution >= 0.6 is 23.5 Å². The molecule has 0 saturated carbocycles. The Labute approximate surface area is 244 Å². The summed E-state index contributed by atoms with van der Waals surface area (Å²) in [6.07, 6.45) is 3.55. The summed E-state index contributed by atoms with van der Waals surface area (Å²) in [4.78, 5) is 14.6. The Hall–Kier alpha value is -3.71. The number of rotatable bonds is 12. The van der Waals surface area contributed by atoms with Gasteiger partial charge in [-0.2, -0.15) is 0 Å². The molecule has 2 N–H and O–H groups in total. The van der Waals surface area contributed by atoms with Gasteiger partial charge < -0.3 is 15.4 Å². The van der Waals surface area contributed by atoms with Gasteiger partial charge in [0.25, 0.3) is 5.91 Å². The van der Waals surface area contributed by atoms with Crippen molar-refractivity contribution < 1.29 is 9.53 Å². The van der Waals surface area contributed by atoms with E-state index in [0.29, 0.717) is 10.6 Å². The highest BCUT2D eigenvalue weighted by atomic mass is 35.5. The number of aromatic nitrogens is 1. The molecule has 1 unspecified atom stereocenters. The van der Waals surface area contributed by atoms with Crippen LogP contribution in [0, 0.1) is 0 Å². The molecule has 4 aromatic carbocycles. The fourth-order valence-corrected chi connectivity index (χ4v) is 5.92. The maximum absolute atomic E-state index is 13.6. The predicted octanol–water partition coefficient (Wildman–Crippen LogP) is 7.38. The summed E-state index contributed by atoms with van der Waals surface area (Å²) in [5.74, 6) is 0.785. The summed E-state index contributed by atoms with van der Waals surface area (Å²) in [6.45, 7) is 1.51. The molecule has 5 nitrogen and oxygen atoms in total. The summed E-state index contributed by atoms with van der Waals surface area (Å²) < 4.78 is 7.41. The first-order chi connectivity index (χ1) is 19.6. The Bertz CT molecular complexity index is 1570. The Morgan fingerprint density at radius 2 is 1.73 bits per heavy atom. The molecule has 40 heavy (non-hydrogen) atoms. The Morgan fingerprint density at radius 3 is 2.55 bits per heavy atom. The lowest BCUT2D eigenvalue weighted by Crippen LogP contribution is -2.38. The maximum Gasteiger partial charge on any atom is 0.252 e. The van der Waals surface area contributed by atoms with Crippen molar-refractivity contribution in [3.8, 4) is 5.75 Å². The van der Waals surface area contributed by atoms with Crippen molar-refractivity contribution in [3.63, 3.8) is 0 Å². The maximum atomic E-state index is 13.6. The number of amides is 1. The van der Waals surface area contributed by atoms with Crippen molar-refractivity contribution in [2.45, 2.75) is 30.3 Å². The normalized spacial score (nSPS) is 11.8. The number of nitrogens with one attached hydrogen (secondary N) is 2. The van der Waals surface area contributed by atoms with Crippen LogP contribution < -0.4 is 15.4 Å². The minimum Gasteiger partial charge on any atom is -0.497 e. The Balaban J connectivity index is 1.28. The Kier molecular flexibility index (Phi) is 9.45. The van der Waals surface area contributed by atoms with Gasteiger partial charge in [0.05, 0.1) is 12.6 Å². The van der Waals surface area contributed by atoms with Crippen LogP contribution in [0.25, 0.3) is 10.9 Å². The SMILES string of the molecule is COc1cccc(CNCCC(Cc2ccccc2)NC(=O)c2cccc3c2ccn3Sc2cccc(Cl)c2)c1. The lowest BCUT2D eigenvalue weighted by Gasteiger charge is -2.20. The second-order valence-electron chi connectivity index (χ2n) is 9.61. The van der Waals surface area contributed by atoms with E-state index in [1.807, 2.05) is 91.1 Å². The number of carbonyl (C=O) groups is 1. The van der Waals surface area contributed by atoms with Crippen LogP contribution in [0.5, 0.6) is 5.75 Å². The van der Waals surface area contributed by atoms with E-state index in [2.05, 4.69) is 32.8 Å². The summed E-state index contributed by atoms with van der Waals surface area (Å²) in [6, 6.07) is 34.0. The quantitative estimate of drug-likeness (QED) is 0.154. The zero-order valence-corrected chi connectivity index (χ0v) is 23.9. The highest BCUT2D eigenvalue weighted by Crippen LogP contribution is 2.29. The number of carbonyl (C=O) groups excluding carboxylic acids is 1. The summed E-state index contributed by atoms with van der Waals surface area (Å²) in [5, 5.41) is 8.46. The molecule has 204 valence electrons. The second kappa shape index (κ2) is 13.6. The van der Waals surface area contributed by atoms with Crippen molar-refractivity contribution in [3.05, 3.63) is 131 Å². The van der Waals surface area contributed by atoms with E-state index in [9.17, 15) is 4.79 Å². The van der Waals surface area contributed by atoms with Crippen molar-refractivity contribution in [2.24, 2.45) is 0 Å². The zero-order chi connectivity index (χ0) is 27.7. The first kappa shape index (κ1) is 27.8. The minimum absolute atomic E-state index is 0.0223. The number of methoxy groups -OCH3 is 1. The summed E-state index contributed by atoms with van der Waals surface area (Å²) in [5.41, 5.74) is 4.01. The van der Waals surface area contributed by atoms with Gasteiger partial charge in [-0.25, -0.2) is 0 Å². The molecular weight excluding hydrogens is 538 g/mol. The van der Waals surface area contributed by atoms with Crippen LogP contribution in [0.2, 0.25) is 5.02 Å². The van der Waals surface area contributed by atoms with Gasteiger partial charge in [0.15, 0.2) is 0 Å². The molecule has 0 spiro atoms. The van der Waals surface area contributed by atoms with Crippen LogP contribution in [0.4, 0.5) is 0 Å². The molecule has 0 fully saturated rings.